The second kappa shape index (κ2) is 6.42. The van der Waals surface area contributed by atoms with Crippen LogP contribution in [0.15, 0.2) is 22.7 Å². The molecule has 0 aliphatic rings. The fraction of sp³-hybridized carbons (Fsp3) is 0.455. The molecule has 114 valence electrons. The fourth-order valence-corrected chi connectivity index (χ4v) is 3.62. The Hall–Kier alpha value is -0.640. The molecule has 0 fully saturated rings. The van der Waals surface area contributed by atoms with Gasteiger partial charge in [-0.3, -0.25) is 4.31 Å². The largest absolute Gasteiger partial charge is 0.269 e. The van der Waals surface area contributed by atoms with Gasteiger partial charge in [0, 0.05) is 17.6 Å². The molecule has 20 heavy (non-hydrogen) atoms. The minimum atomic E-state index is -3.49. The zero-order chi connectivity index (χ0) is 15.6. The van der Waals surface area contributed by atoms with E-state index in [1.165, 1.54) is 4.31 Å². The van der Waals surface area contributed by atoms with Crippen LogP contribution < -0.4 is 9.03 Å². The summed E-state index contributed by atoms with van der Waals surface area (Å²) in [5, 5.41) is 0. The lowest BCUT2D eigenvalue weighted by Crippen LogP contribution is -2.38. The Morgan fingerprint density at radius 3 is 2.25 bits per heavy atom. The van der Waals surface area contributed by atoms with Crippen molar-refractivity contribution in [1.29, 1.82) is 0 Å². The zero-order valence-corrected chi connectivity index (χ0v) is 14.6. The normalized spacial score (nSPS) is 12.4. The number of hydrogen-bond donors (Lipinski definition) is 1. The molecule has 0 aromatic heterocycles. The van der Waals surface area contributed by atoms with Gasteiger partial charge in [0.15, 0.2) is 0 Å². The Kier molecular flexibility index (Phi) is 5.59. The van der Waals surface area contributed by atoms with Gasteiger partial charge in [-0.15, -0.1) is 0 Å². The van der Waals surface area contributed by atoms with Gasteiger partial charge in [0.2, 0.25) is 20.0 Å². The molecule has 0 amide bonds. The predicted molar refractivity (Wildman–Crippen MR) is 83.9 cm³/mol. The van der Waals surface area contributed by atoms with Gasteiger partial charge in [-0.25, -0.2) is 21.6 Å². The van der Waals surface area contributed by atoms with Crippen LogP contribution in [0.3, 0.4) is 0 Å². The smallest absolute Gasteiger partial charge is 0.232 e. The summed E-state index contributed by atoms with van der Waals surface area (Å²) in [4.78, 5) is 0. The number of nitrogens with zero attached hydrogens (tertiary/aromatic N) is 1. The lowest BCUT2D eigenvalue weighted by molar-refractivity contribution is 0.583. The summed E-state index contributed by atoms with van der Waals surface area (Å²) in [5.74, 6) is 0. The summed E-state index contributed by atoms with van der Waals surface area (Å²) in [6.07, 6.45) is 2.12. The van der Waals surface area contributed by atoms with Crippen molar-refractivity contribution in [1.82, 2.24) is 4.72 Å². The molecule has 0 spiro atoms. The lowest BCUT2D eigenvalue weighted by atomic mass is 10.2. The molecule has 0 atom stereocenters. The van der Waals surface area contributed by atoms with Gasteiger partial charge in [0.05, 0.1) is 18.2 Å². The van der Waals surface area contributed by atoms with Crippen LogP contribution in [0, 0.1) is 6.92 Å². The van der Waals surface area contributed by atoms with Crippen LogP contribution >= 0.6 is 15.9 Å². The molecule has 1 aromatic rings. The fourth-order valence-electron chi connectivity index (χ4n) is 1.70. The maximum absolute atomic E-state index is 11.9. The molecule has 0 aliphatic carbocycles. The van der Waals surface area contributed by atoms with Gasteiger partial charge >= 0.3 is 0 Å². The average Bonchev–Trinajstić information content (AvgIpc) is 2.22. The molecule has 0 unspecified atom stereocenters. The summed E-state index contributed by atoms with van der Waals surface area (Å²) >= 11 is 3.31. The Bertz CT molecular complexity index is 686. The molecule has 1 aromatic carbocycles. The highest BCUT2D eigenvalue weighted by Crippen LogP contribution is 2.25. The molecule has 0 saturated carbocycles. The minimum absolute atomic E-state index is 0.0153. The van der Waals surface area contributed by atoms with Crippen molar-refractivity contribution in [3.63, 3.8) is 0 Å². The molecule has 0 saturated heterocycles. The van der Waals surface area contributed by atoms with E-state index in [1.54, 1.807) is 25.1 Å². The first-order valence-electron chi connectivity index (χ1n) is 5.69. The van der Waals surface area contributed by atoms with Crippen molar-refractivity contribution in [2.75, 3.05) is 29.9 Å². The summed E-state index contributed by atoms with van der Waals surface area (Å²) < 4.78 is 50.1. The minimum Gasteiger partial charge on any atom is -0.269 e. The van der Waals surface area contributed by atoms with Crippen molar-refractivity contribution in [3.05, 3.63) is 28.2 Å². The molecule has 1 N–H and O–H groups in total. The number of sulfonamides is 2. The lowest BCUT2D eigenvalue weighted by Gasteiger charge is -2.24. The Morgan fingerprint density at radius 1 is 1.20 bits per heavy atom. The molecular weight excluding hydrogens is 368 g/mol. The predicted octanol–water partition coefficient (Wildman–Crippen LogP) is 1.07. The van der Waals surface area contributed by atoms with E-state index >= 15 is 0 Å². The van der Waals surface area contributed by atoms with Crippen molar-refractivity contribution >= 4 is 41.7 Å². The molecule has 6 nitrogen and oxygen atoms in total. The maximum atomic E-state index is 11.9. The highest BCUT2D eigenvalue weighted by atomic mass is 79.9. The van der Waals surface area contributed by atoms with Gasteiger partial charge < -0.3 is 0 Å². The van der Waals surface area contributed by atoms with Crippen LogP contribution in [0.5, 0.6) is 0 Å². The third-order valence-electron chi connectivity index (χ3n) is 2.51. The summed E-state index contributed by atoms with van der Waals surface area (Å²) in [6, 6.07) is 5.23. The number of anilines is 1. The monoisotopic (exact) mass is 384 g/mol. The SMILES string of the molecule is Cc1cc(Br)ccc1N(CCNS(C)(=O)=O)S(C)(=O)=O. The number of rotatable bonds is 6. The van der Waals surface area contributed by atoms with Crippen LogP contribution in [-0.2, 0) is 20.0 Å². The molecule has 0 aliphatic heterocycles. The van der Waals surface area contributed by atoms with E-state index in [0.717, 1.165) is 22.5 Å². The third-order valence-corrected chi connectivity index (χ3v) is 4.91. The molecule has 0 radical (unpaired) electrons. The number of nitrogens with one attached hydrogen (secondary N) is 1. The van der Waals surface area contributed by atoms with Crippen LogP contribution in [0.2, 0.25) is 0 Å². The highest BCUT2D eigenvalue weighted by Gasteiger charge is 2.19. The maximum Gasteiger partial charge on any atom is 0.232 e. The Balaban J connectivity index is 3.02. The van der Waals surface area contributed by atoms with Crippen molar-refractivity contribution in [2.24, 2.45) is 0 Å². The first-order chi connectivity index (χ1) is 9.00. The van der Waals surface area contributed by atoms with Crippen molar-refractivity contribution in [2.45, 2.75) is 6.92 Å². The highest BCUT2D eigenvalue weighted by molar-refractivity contribution is 9.10. The molecule has 0 bridgehead atoms. The van der Waals surface area contributed by atoms with Crippen molar-refractivity contribution in [3.8, 4) is 0 Å². The molecule has 9 heteroatoms. The number of aryl methyl sites for hydroxylation is 1. The second-order valence-corrected chi connectivity index (χ2v) is 9.09. The molecule has 0 heterocycles. The van der Waals surface area contributed by atoms with Crippen LogP contribution in [0.4, 0.5) is 5.69 Å². The van der Waals surface area contributed by atoms with E-state index < -0.39 is 20.0 Å². The first-order valence-corrected chi connectivity index (χ1v) is 10.2. The van der Waals surface area contributed by atoms with E-state index in [4.69, 9.17) is 0 Å². The summed E-state index contributed by atoms with van der Waals surface area (Å²) in [7, 11) is -6.83. The quantitative estimate of drug-likeness (QED) is 0.794. The number of benzene rings is 1. The van der Waals surface area contributed by atoms with Gasteiger partial charge in [0.1, 0.15) is 0 Å². The van der Waals surface area contributed by atoms with Crippen LogP contribution in [0.1, 0.15) is 5.56 Å². The van der Waals surface area contributed by atoms with E-state index in [-0.39, 0.29) is 13.1 Å². The number of hydrogen-bond acceptors (Lipinski definition) is 4. The van der Waals surface area contributed by atoms with Gasteiger partial charge in [-0.2, -0.15) is 0 Å². The summed E-state index contributed by atoms with van der Waals surface area (Å²) in [5.41, 5.74) is 1.31. The van der Waals surface area contributed by atoms with Gasteiger partial charge in [0.25, 0.3) is 0 Å². The van der Waals surface area contributed by atoms with Crippen LogP contribution in [-0.4, -0.2) is 42.4 Å². The average molecular weight is 385 g/mol. The topological polar surface area (TPSA) is 83.6 Å². The summed E-state index contributed by atoms with van der Waals surface area (Å²) in [6.45, 7) is 1.85. The first kappa shape index (κ1) is 17.4. The van der Waals surface area contributed by atoms with Gasteiger partial charge in [-0.05, 0) is 30.7 Å². The number of halogens is 1. The Labute approximate surface area is 128 Å². The van der Waals surface area contributed by atoms with Crippen LogP contribution in [0.25, 0.3) is 0 Å². The van der Waals surface area contributed by atoms with E-state index in [2.05, 4.69) is 20.7 Å². The van der Waals surface area contributed by atoms with Gasteiger partial charge in [-0.1, -0.05) is 15.9 Å². The zero-order valence-electron chi connectivity index (χ0n) is 11.4. The Morgan fingerprint density at radius 2 is 1.80 bits per heavy atom. The van der Waals surface area contributed by atoms with E-state index in [0.29, 0.717) is 5.69 Å². The van der Waals surface area contributed by atoms with Crippen molar-refractivity contribution < 1.29 is 16.8 Å². The van der Waals surface area contributed by atoms with E-state index in [1.807, 2.05) is 0 Å². The molecule has 1 rings (SSSR count). The van der Waals surface area contributed by atoms with E-state index in [9.17, 15) is 16.8 Å². The molecular formula is C11H17BrN2O4S2. The second-order valence-electron chi connectivity index (χ2n) is 4.43. The standard InChI is InChI=1S/C11H17BrN2O4S2/c1-9-8-10(12)4-5-11(9)14(20(3,17)18)7-6-13-19(2,15)16/h4-5,8,13H,6-7H2,1-3H3. The third kappa shape index (κ3) is 5.39.